The van der Waals surface area contributed by atoms with E-state index in [1.54, 1.807) is 0 Å². The quantitative estimate of drug-likeness (QED) is 0.839. The molecule has 0 aliphatic heterocycles. The molecule has 0 atom stereocenters. The summed E-state index contributed by atoms with van der Waals surface area (Å²) in [6.45, 7) is 6.91. The fraction of sp³-hybridized carbons (Fsp3) is 1.00. The summed E-state index contributed by atoms with van der Waals surface area (Å²) in [5, 5.41) is 0. The predicted molar refractivity (Wildman–Crippen MR) is 77.3 cm³/mol. The predicted octanol–water partition coefficient (Wildman–Crippen LogP) is 2.75. The van der Waals surface area contributed by atoms with E-state index in [4.69, 9.17) is 5.73 Å². The number of nitrogens with two attached hydrogens (primary N) is 1. The van der Waals surface area contributed by atoms with Crippen LogP contribution in [0.5, 0.6) is 0 Å². The van der Waals surface area contributed by atoms with E-state index < -0.39 is 9.84 Å². The third-order valence-electron chi connectivity index (χ3n) is 4.97. The van der Waals surface area contributed by atoms with Gasteiger partial charge in [-0.25, -0.2) is 8.42 Å². The van der Waals surface area contributed by atoms with Gasteiger partial charge in [-0.3, -0.25) is 0 Å². The van der Waals surface area contributed by atoms with E-state index in [0.717, 1.165) is 31.6 Å². The van der Waals surface area contributed by atoms with Crippen LogP contribution in [0.1, 0.15) is 59.3 Å². The molecule has 1 aliphatic carbocycles. The van der Waals surface area contributed by atoms with E-state index in [-0.39, 0.29) is 11.3 Å². The Hall–Kier alpha value is -0.0900. The zero-order chi connectivity index (χ0) is 14.0. The third-order valence-corrected chi connectivity index (χ3v) is 5.91. The highest BCUT2D eigenvalue weighted by Gasteiger charge is 2.37. The van der Waals surface area contributed by atoms with Gasteiger partial charge in [0, 0.05) is 11.8 Å². The molecule has 0 radical (unpaired) electrons. The van der Waals surface area contributed by atoms with Crippen LogP contribution in [-0.4, -0.2) is 26.0 Å². The zero-order valence-corrected chi connectivity index (χ0v) is 13.1. The van der Waals surface area contributed by atoms with E-state index in [0.29, 0.717) is 11.8 Å². The van der Waals surface area contributed by atoms with Crippen molar-refractivity contribution in [2.75, 3.05) is 12.0 Å². The highest BCUT2D eigenvalue weighted by atomic mass is 32.2. The van der Waals surface area contributed by atoms with Gasteiger partial charge in [-0.2, -0.15) is 0 Å². The van der Waals surface area contributed by atoms with E-state index in [1.165, 1.54) is 12.7 Å². The van der Waals surface area contributed by atoms with Crippen LogP contribution in [-0.2, 0) is 9.84 Å². The first-order chi connectivity index (χ1) is 8.08. The molecular weight excluding hydrogens is 246 g/mol. The monoisotopic (exact) mass is 275 g/mol. The lowest BCUT2D eigenvalue weighted by molar-refractivity contribution is 0.114. The van der Waals surface area contributed by atoms with Gasteiger partial charge in [0.1, 0.15) is 9.84 Å². The van der Waals surface area contributed by atoms with Crippen molar-refractivity contribution in [2.24, 2.45) is 17.1 Å². The molecule has 0 spiro atoms. The van der Waals surface area contributed by atoms with Crippen LogP contribution in [0, 0.1) is 11.3 Å². The highest BCUT2D eigenvalue weighted by molar-refractivity contribution is 7.90. The first-order valence-electron chi connectivity index (χ1n) is 7.05. The van der Waals surface area contributed by atoms with Crippen LogP contribution in [0.2, 0.25) is 0 Å². The van der Waals surface area contributed by atoms with E-state index in [2.05, 4.69) is 20.8 Å². The molecule has 0 aromatic heterocycles. The molecule has 0 amide bonds. The van der Waals surface area contributed by atoms with Crippen molar-refractivity contribution >= 4 is 9.84 Å². The molecular formula is C14H29NO2S. The molecule has 0 unspecified atom stereocenters. The summed E-state index contributed by atoms with van der Waals surface area (Å²) < 4.78 is 22.5. The van der Waals surface area contributed by atoms with Crippen LogP contribution in [0.3, 0.4) is 0 Å². The molecule has 1 fully saturated rings. The van der Waals surface area contributed by atoms with E-state index in [9.17, 15) is 8.42 Å². The first-order valence-corrected chi connectivity index (χ1v) is 9.11. The second-order valence-corrected chi connectivity index (χ2v) is 9.12. The minimum Gasteiger partial charge on any atom is -0.325 e. The van der Waals surface area contributed by atoms with Crippen molar-refractivity contribution in [1.29, 1.82) is 0 Å². The Bertz CT molecular complexity index is 365. The average molecular weight is 275 g/mol. The second kappa shape index (κ2) is 5.49. The van der Waals surface area contributed by atoms with Gasteiger partial charge in [0.05, 0.1) is 5.75 Å². The Kier molecular flexibility index (Phi) is 4.87. The molecule has 3 nitrogen and oxygen atoms in total. The fourth-order valence-electron chi connectivity index (χ4n) is 2.90. The molecule has 0 aromatic rings. The van der Waals surface area contributed by atoms with Crippen LogP contribution in [0.15, 0.2) is 0 Å². The molecule has 0 heterocycles. The summed E-state index contributed by atoms with van der Waals surface area (Å²) >= 11 is 0. The summed E-state index contributed by atoms with van der Waals surface area (Å²) in [5.74, 6) is 0.961. The smallest absolute Gasteiger partial charge is 0.147 e. The van der Waals surface area contributed by atoms with Crippen LogP contribution < -0.4 is 5.73 Å². The highest BCUT2D eigenvalue weighted by Crippen LogP contribution is 2.43. The molecule has 4 heteroatoms. The van der Waals surface area contributed by atoms with Crippen molar-refractivity contribution in [1.82, 2.24) is 0 Å². The topological polar surface area (TPSA) is 60.2 Å². The zero-order valence-electron chi connectivity index (χ0n) is 12.3. The lowest BCUT2D eigenvalue weighted by Gasteiger charge is -2.43. The molecule has 1 saturated carbocycles. The van der Waals surface area contributed by atoms with Gasteiger partial charge < -0.3 is 5.73 Å². The molecule has 0 saturated heterocycles. The van der Waals surface area contributed by atoms with Crippen molar-refractivity contribution in [2.45, 2.75) is 64.8 Å². The Balaban J connectivity index is 2.52. The summed E-state index contributed by atoms with van der Waals surface area (Å²) in [5.41, 5.74) is 6.49. The lowest BCUT2D eigenvalue weighted by atomic mass is 9.65. The van der Waals surface area contributed by atoms with Gasteiger partial charge in [-0.1, -0.05) is 27.2 Å². The van der Waals surface area contributed by atoms with Gasteiger partial charge >= 0.3 is 0 Å². The van der Waals surface area contributed by atoms with Crippen molar-refractivity contribution in [3.63, 3.8) is 0 Å². The Morgan fingerprint density at radius 2 is 1.78 bits per heavy atom. The van der Waals surface area contributed by atoms with Crippen LogP contribution in [0.4, 0.5) is 0 Å². The standard InChI is InChI=1S/C14H29NO2S/c1-5-13(2,3)12-6-8-14(15,9-7-12)10-11-18(4,16)17/h12H,5-11,15H2,1-4H3. The molecule has 18 heavy (non-hydrogen) atoms. The maximum absolute atomic E-state index is 11.2. The SMILES string of the molecule is CCC(C)(C)C1CCC(N)(CCS(C)(=O)=O)CC1. The van der Waals surface area contributed by atoms with Gasteiger partial charge in [0.25, 0.3) is 0 Å². The fourth-order valence-corrected chi connectivity index (χ4v) is 3.68. The molecule has 1 rings (SSSR count). The van der Waals surface area contributed by atoms with E-state index in [1.807, 2.05) is 0 Å². The normalized spacial score (nSPS) is 30.4. The summed E-state index contributed by atoms with van der Waals surface area (Å²) in [7, 11) is -2.89. The van der Waals surface area contributed by atoms with Gasteiger partial charge in [-0.15, -0.1) is 0 Å². The number of hydrogen-bond acceptors (Lipinski definition) is 3. The third kappa shape index (κ3) is 4.54. The number of rotatable bonds is 5. The molecule has 0 aromatic carbocycles. The Morgan fingerprint density at radius 1 is 1.28 bits per heavy atom. The maximum Gasteiger partial charge on any atom is 0.147 e. The summed E-state index contributed by atoms with van der Waals surface area (Å²) in [6, 6.07) is 0. The summed E-state index contributed by atoms with van der Waals surface area (Å²) in [4.78, 5) is 0. The summed E-state index contributed by atoms with van der Waals surface area (Å²) in [6.07, 6.45) is 7.32. The Labute approximate surface area is 112 Å². The van der Waals surface area contributed by atoms with Gasteiger partial charge in [0.2, 0.25) is 0 Å². The van der Waals surface area contributed by atoms with E-state index >= 15 is 0 Å². The molecule has 1 aliphatic rings. The minimum atomic E-state index is -2.89. The van der Waals surface area contributed by atoms with Gasteiger partial charge in [-0.05, 0) is 43.4 Å². The number of sulfone groups is 1. The average Bonchev–Trinajstić information content (AvgIpc) is 2.26. The number of hydrogen-bond donors (Lipinski definition) is 1. The largest absolute Gasteiger partial charge is 0.325 e. The maximum atomic E-state index is 11.2. The molecule has 2 N–H and O–H groups in total. The van der Waals surface area contributed by atoms with Crippen molar-refractivity contribution in [3.05, 3.63) is 0 Å². The molecule has 108 valence electrons. The second-order valence-electron chi connectivity index (χ2n) is 6.86. The molecule has 0 bridgehead atoms. The van der Waals surface area contributed by atoms with Gasteiger partial charge in [0.15, 0.2) is 0 Å². The van der Waals surface area contributed by atoms with Crippen LogP contribution >= 0.6 is 0 Å². The Morgan fingerprint density at radius 3 is 2.17 bits per heavy atom. The van der Waals surface area contributed by atoms with Crippen molar-refractivity contribution in [3.8, 4) is 0 Å². The van der Waals surface area contributed by atoms with Crippen molar-refractivity contribution < 1.29 is 8.42 Å². The first kappa shape index (κ1) is 16.0. The van der Waals surface area contributed by atoms with Crippen LogP contribution in [0.25, 0.3) is 0 Å². The lowest BCUT2D eigenvalue weighted by Crippen LogP contribution is -2.46. The minimum absolute atomic E-state index is 0.228.